The molecule has 0 amide bonds. The lowest BCUT2D eigenvalue weighted by Crippen LogP contribution is -2.61. The fourth-order valence-electron chi connectivity index (χ4n) is 0.559. The molecule has 0 saturated heterocycles. The van der Waals surface area contributed by atoms with Gasteiger partial charge in [0.15, 0.2) is 6.29 Å². The summed E-state index contributed by atoms with van der Waals surface area (Å²) < 4.78 is 96.0. The molecule has 0 fully saturated rings. The van der Waals surface area contributed by atoms with E-state index in [0.29, 0.717) is 0 Å². The number of carbonyl (C=O) groups excluding carboxylic acids is 1. The molecular formula is C6H4F8O. The van der Waals surface area contributed by atoms with Gasteiger partial charge in [0.1, 0.15) is 0 Å². The van der Waals surface area contributed by atoms with Crippen LogP contribution in [0.25, 0.3) is 0 Å². The van der Waals surface area contributed by atoms with E-state index in [-0.39, 0.29) is 6.92 Å². The van der Waals surface area contributed by atoms with Crippen molar-refractivity contribution in [3.05, 3.63) is 0 Å². The number of hydrogen-bond donors (Lipinski definition) is 0. The first kappa shape index (κ1) is 14.1. The zero-order valence-electron chi connectivity index (χ0n) is 7.01. The van der Waals surface area contributed by atoms with Gasteiger partial charge in [-0.3, -0.25) is 4.79 Å². The van der Waals surface area contributed by atoms with E-state index in [2.05, 4.69) is 0 Å². The monoisotopic (exact) mass is 244 g/mol. The molecule has 1 unspecified atom stereocenters. The summed E-state index contributed by atoms with van der Waals surface area (Å²) in [5.74, 6) is -12.8. The van der Waals surface area contributed by atoms with Gasteiger partial charge < -0.3 is 0 Å². The molecule has 1 nitrogen and oxygen atoms in total. The Hall–Kier alpha value is -0.890. The Morgan fingerprint density at radius 1 is 0.800 bits per heavy atom. The van der Waals surface area contributed by atoms with E-state index < -0.39 is 30.0 Å². The van der Waals surface area contributed by atoms with Crippen LogP contribution in [-0.4, -0.2) is 30.0 Å². The summed E-state index contributed by atoms with van der Waals surface area (Å²) in [5, 5.41) is 0. The summed E-state index contributed by atoms with van der Waals surface area (Å²) in [5.41, 5.74) is -4.61. The second-order valence-corrected chi connectivity index (χ2v) is 2.84. The van der Waals surface area contributed by atoms with Gasteiger partial charge in [0.05, 0.1) is 0 Å². The maximum atomic E-state index is 12.5. The predicted molar refractivity (Wildman–Crippen MR) is 31.5 cm³/mol. The van der Waals surface area contributed by atoms with Crippen molar-refractivity contribution in [3.8, 4) is 0 Å². The van der Waals surface area contributed by atoms with Gasteiger partial charge in [0.25, 0.3) is 0 Å². The Labute approximate surface area is 78.0 Å². The first-order valence-corrected chi connectivity index (χ1v) is 3.29. The average Bonchev–Trinajstić information content (AvgIpc) is 2.01. The van der Waals surface area contributed by atoms with E-state index in [4.69, 9.17) is 0 Å². The third kappa shape index (κ3) is 1.91. The van der Waals surface area contributed by atoms with E-state index in [1.807, 2.05) is 0 Å². The molecule has 90 valence electrons. The molecule has 0 rings (SSSR count). The fourth-order valence-corrected chi connectivity index (χ4v) is 0.559. The molecular weight excluding hydrogens is 240 g/mol. The summed E-state index contributed by atoms with van der Waals surface area (Å²) in [6, 6.07) is 0. The molecule has 0 aromatic carbocycles. The lowest BCUT2D eigenvalue weighted by Gasteiger charge is -2.33. The molecule has 0 heterocycles. The number of halogens is 8. The van der Waals surface area contributed by atoms with Gasteiger partial charge in [-0.1, -0.05) is 0 Å². The molecule has 0 N–H and O–H groups in total. The number of rotatable bonds is 3. The smallest absolute Gasteiger partial charge is 0.300 e. The minimum Gasteiger partial charge on any atom is -0.300 e. The highest BCUT2D eigenvalue weighted by molar-refractivity contribution is 5.64. The van der Waals surface area contributed by atoms with Crippen LogP contribution in [0.15, 0.2) is 0 Å². The molecule has 1 atom stereocenters. The van der Waals surface area contributed by atoms with Gasteiger partial charge in [-0.25, -0.2) is 4.39 Å². The van der Waals surface area contributed by atoms with Crippen LogP contribution in [0.3, 0.4) is 0 Å². The number of hydrogen-bond acceptors (Lipinski definition) is 1. The van der Waals surface area contributed by atoms with Crippen LogP contribution < -0.4 is 0 Å². The van der Waals surface area contributed by atoms with E-state index in [9.17, 15) is 39.9 Å². The van der Waals surface area contributed by atoms with Crippen molar-refractivity contribution in [3.63, 3.8) is 0 Å². The number of aldehydes is 1. The van der Waals surface area contributed by atoms with Crippen molar-refractivity contribution in [2.75, 3.05) is 0 Å². The zero-order chi connectivity index (χ0) is 12.7. The second-order valence-electron chi connectivity index (χ2n) is 2.84. The summed E-state index contributed by atoms with van der Waals surface area (Å²) in [6.07, 6.45) is -7.94. The Morgan fingerprint density at radius 2 is 1.13 bits per heavy atom. The van der Waals surface area contributed by atoms with Gasteiger partial charge in [-0.15, -0.1) is 0 Å². The lowest BCUT2D eigenvalue weighted by atomic mass is 9.95. The van der Waals surface area contributed by atoms with Crippen molar-refractivity contribution in [2.24, 2.45) is 0 Å². The Balaban J connectivity index is 5.47. The molecule has 0 saturated carbocycles. The van der Waals surface area contributed by atoms with E-state index in [1.54, 1.807) is 0 Å². The van der Waals surface area contributed by atoms with Gasteiger partial charge in [-0.05, 0) is 6.92 Å². The van der Waals surface area contributed by atoms with E-state index >= 15 is 0 Å². The molecule has 0 aliphatic heterocycles. The number of alkyl halides is 8. The summed E-state index contributed by atoms with van der Waals surface area (Å²) >= 11 is 0. The van der Waals surface area contributed by atoms with Gasteiger partial charge in [-0.2, -0.15) is 30.7 Å². The third-order valence-electron chi connectivity index (χ3n) is 1.59. The minimum absolute atomic E-state index is 0.361. The van der Waals surface area contributed by atoms with Crippen LogP contribution >= 0.6 is 0 Å². The van der Waals surface area contributed by atoms with Crippen LogP contribution in [0.5, 0.6) is 0 Å². The van der Waals surface area contributed by atoms with Gasteiger partial charge in [0.2, 0.25) is 5.67 Å². The Kier molecular flexibility index (Phi) is 3.11. The van der Waals surface area contributed by atoms with Crippen molar-refractivity contribution in [2.45, 2.75) is 30.6 Å². The van der Waals surface area contributed by atoms with E-state index in [1.165, 1.54) is 0 Å². The standard InChI is InChI=1S/C6H4F8O/c1-3(7,2-15)4(8,9)5(10,11)6(12,13)14/h2H,1H3. The SMILES string of the molecule is CC(F)(C=O)C(F)(F)C(F)(F)C(F)(F)F. The van der Waals surface area contributed by atoms with Crippen LogP contribution in [0.4, 0.5) is 35.1 Å². The summed E-state index contributed by atoms with van der Waals surface area (Å²) in [4.78, 5) is 9.69. The highest BCUT2D eigenvalue weighted by Crippen LogP contribution is 2.51. The molecule has 0 aromatic rings. The predicted octanol–water partition coefficient (Wildman–Crippen LogP) is 2.75. The molecule has 0 bridgehead atoms. The van der Waals surface area contributed by atoms with Crippen molar-refractivity contribution in [1.82, 2.24) is 0 Å². The zero-order valence-corrected chi connectivity index (χ0v) is 7.01. The maximum Gasteiger partial charge on any atom is 0.460 e. The molecule has 0 aliphatic carbocycles. The molecule has 0 aliphatic rings. The Morgan fingerprint density at radius 3 is 1.33 bits per heavy atom. The van der Waals surface area contributed by atoms with Crippen LogP contribution in [0, 0.1) is 0 Å². The van der Waals surface area contributed by atoms with Crippen LogP contribution in [0.2, 0.25) is 0 Å². The van der Waals surface area contributed by atoms with Gasteiger partial charge in [0, 0.05) is 0 Å². The topological polar surface area (TPSA) is 17.1 Å². The van der Waals surface area contributed by atoms with E-state index in [0.717, 1.165) is 0 Å². The molecule has 0 radical (unpaired) electrons. The lowest BCUT2D eigenvalue weighted by molar-refractivity contribution is -0.372. The van der Waals surface area contributed by atoms with Crippen LogP contribution in [-0.2, 0) is 4.79 Å². The summed E-state index contributed by atoms with van der Waals surface area (Å²) in [7, 11) is 0. The van der Waals surface area contributed by atoms with Crippen molar-refractivity contribution in [1.29, 1.82) is 0 Å². The fraction of sp³-hybridized carbons (Fsp3) is 0.833. The number of carbonyl (C=O) groups is 1. The first-order valence-electron chi connectivity index (χ1n) is 3.29. The highest BCUT2D eigenvalue weighted by atomic mass is 19.4. The molecule has 15 heavy (non-hydrogen) atoms. The van der Waals surface area contributed by atoms with Crippen molar-refractivity contribution < 1.29 is 39.9 Å². The van der Waals surface area contributed by atoms with Gasteiger partial charge >= 0.3 is 18.0 Å². The minimum atomic E-state index is -6.65. The van der Waals surface area contributed by atoms with Crippen molar-refractivity contribution >= 4 is 6.29 Å². The largest absolute Gasteiger partial charge is 0.460 e. The normalized spacial score (nSPS) is 18.5. The summed E-state index contributed by atoms with van der Waals surface area (Å²) in [6.45, 7) is -0.361. The molecule has 0 spiro atoms. The third-order valence-corrected chi connectivity index (χ3v) is 1.59. The Bertz CT molecular complexity index is 252. The first-order chi connectivity index (χ1) is 6.31. The maximum absolute atomic E-state index is 12.5. The highest BCUT2D eigenvalue weighted by Gasteiger charge is 2.79. The molecule has 0 aromatic heterocycles. The van der Waals surface area contributed by atoms with Crippen LogP contribution in [0.1, 0.15) is 6.92 Å². The molecule has 9 heteroatoms. The quantitative estimate of drug-likeness (QED) is 0.551. The average molecular weight is 244 g/mol. The second kappa shape index (κ2) is 3.31.